The topological polar surface area (TPSA) is 78.5 Å². The highest BCUT2D eigenvalue weighted by Gasteiger charge is 2.11. The van der Waals surface area contributed by atoms with Crippen LogP contribution in [0.15, 0.2) is 24.5 Å². The number of nitrogens with one attached hydrogen (secondary N) is 3. The minimum Gasteiger partial charge on any atom is -0.357 e. The molecule has 3 N–H and O–H groups in total. The fourth-order valence-corrected chi connectivity index (χ4v) is 1.91. The third-order valence-electron chi connectivity index (χ3n) is 3.03. The average Bonchev–Trinajstić information content (AvgIpc) is 2.92. The van der Waals surface area contributed by atoms with E-state index < -0.39 is 0 Å². The van der Waals surface area contributed by atoms with Crippen molar-refractivity contribution in [2.24, 2.45) is 0 Å². The third kappa shape index (κ3) is 2.03. The Morgan fingerprint density at radius 1 is 1.25 bits per heavy atom. The van der Waals surface area contributed by atoms with Crippen molar-refractivity contribution >= 4 is 28.6 Å². The number of rotatable bonds is 3. The van der Waals surface area contributed by atoms with Crippen LogP contribution in [0.5, 0.6) is 0 Å². The lowest BCUT2D eigenvalue weighted by Crippen LogP contribution is -2.03. The minimum atomic E-state index is -0.265. The van der Waals surface area contributed by atoms with Crippen LogP contribution in [0.4, 0.5) is 21.8 Å². The third-order valence-corrected chi connectivity index (χ3v) is 3.03. The molecule has 7 heteroatoms. The molecule has 0 amide bonds. The Morgan fingerprint density at radius 2 is 2.10 bits per heavy atom. The molecule has 1 aromatic carbocycles. The van der Waals surface area contributed by atoms with Gasteiger partial charge >= 0.3 is 0 Å². The molecule has 2 aromatic heterocycles. The van der Waals surface area contributed by atoms with Gasteiger partial charge in [0.2, 0.25) is 5.95 Å². The first kappa shape index (κ1) is 12.3. The lowest BCUT2D eigenvalue weighted by molar-refractivity contribution is 0.619. The van der Waals surface area contributed by atoms with Crippen LogP contribution in [-0.4, -0.2) is 27.0 Å². The number of halogens is 1. The molecular weight excluding hydrogens is 259 g/mol. The summed E-state index contributed by atoms with van der Waals surface area (Å²) in [5.41, 5.74) is 2.40. The van der Waals surface area contributed by atoms with Crippen molar-refractivity contribution in [3.63, 3.8) is 0 Å². The Bertz CT molecular complexity index is 767. The van der Waals surface area contributed by atoms with Gasteiger partial charge in [0, 0.05) is 18.3 Å². The summed E-state index contributed by atoms with van der Waals surface area (Å²) in [4.78, 5) is 15.6. The number of imidazole rings is 1. The molecule has 0 aliphatic heterocycles. The van der Waals surface area contributed by atoms with Crippen molar-refractivity contribution < 1.29 is 4.39 Å². The van der Waals surface area contributed by atoms with Gasteiger partial charge < -0.3 is 15.6 Å². The van der Waals surface area contributed by atoms with Gasteiger partial charge in [-0.15, -0.1) is 0 Å². The number of aromatic nitrogens is 4. The van der Waals surface area contributed by atoms with Gasteiger partial charge in [0.15, 0.2) is 11.5 Å². The first-order valence-corrected chi connectivity index (χ1v) is 6.10. The molecule has 102 valence electrons. The van der Waals surface area contributed by atoms with Crippen LogP contribution in [0.25, 0.3) is 11.2 Å². The first-order chi connectivity index (χ1) is 9.69. The highest BCUT2D eigenvalue weighted by molar-refractivity contribution is 5.86. The summed E-state index contributed by atoms with van der Waals surface area (Å²) in [5.74, 6) is 0.727. The van der Waals surface area contributed by atoms with Gasteiger partial charge in [0.05, 0.1) is 6.33 Å². The second-order valence-corrected chi connectivity index (χ2v) is 4.28. The Labute approximate surface area is 114 Å². The second kappa shape index (κ2) is 4.76. The predicted octanol–water partition coefficient (Wildman–Crippen LogP) is 2.59. The summed E-state index contributed by atoms with van der Waals surface area (Å²) in [6.45, 7) is 1.71. The molecule has 2 heterocycles. The molecular formula is C13H13FN6. The lowest BCUT2D eigenvalue weighted by atomic mass is 10.2. The van der Waals surface area contributed by atoms with Crippen LogP contribution in [0.2, 0.25) is 0 Å². The number of aromatic amines is 1. The van der Waals surface area contributed by atoms with Crippen molar-refractivity contribution in [1.29, 1.82) is 0 Å². The monoisotopic (exact) mass is 272 g/mol. The molecule has 0 radical (unpaired) electrons. The van der Waals surface area contributed by atoms with Gasteiger partial charge in [0.1, 0.15) is 11.3 Å². The number of hydrogen-bond acceptors (Lipinski definition) is 5. The first-order valence-electron chi connectivity index (χ1n) is 6.10. The van der Waals surface area contributed by atoms with Crippen LogP contribution in [0.1, 0.15) is 5.56 Å². The zero-order valence-electron chi connectivity index (χ0n) is 11.0. The average molecular weight is 272 g/mol. The zero-order valence-corrected chi connectivity index (χ0v) is 11.0. The molecule has 3 aromatic rings. The van der Waals surface area contributed by atoms with Crippen LogP contribution in [0, 0.1) is 12.7 Å². The molecule has 6 nitrogen and oxygen atoms in total. The Morgan fingerprint density at radius 3 is 2.90 bits per heavy atom. The Balaban J connectivity index is 2.10. The number of fused-ring (bicyclic) bond motifs is 1. The maximum Gasteiger partial charge on any atom is 0.226 e. The summed E-state index contributed by atoms with van der Waals surface area (Å²) in [6, 6.07) is 4.86. The zero-order chi connectivity index (χ0) is 14.1. The molecule has 0 unspecified atom stereocenters. The van der Waals surface area contributed by atoms with Gasteiger partial charge in [0.25, 0.3) is 0 Å². The summed E-state index contributed by atoms with van der Waals surface area (Å²) >= 11 is 0. The molecule has 20 heavy (non-hydrogen) atoms. The summed E-state index contributed by atoms with van der Waals surface area (Å²) in [5, 5.41) is 5.99. The van der Waals surface area contributed by atoms with Gasteiger partial charge in [-0.3, -0.25) is 0 Å². The maximum absolute atomic E-state index is 13.6. The van der Waals surface area contributed by atoms with Crippen LogP contribution in [-0.2, 0) is 0 Å². The maximum atomic E-state index is 13.6. The summed E-state index contributed by atoms with van der Waals surface area (Å²) in [6.07, 6.45) is 1.54. The van der Waals surface area contributed by atoms with E-state index in [0.717, 1.165) is 0 Å². The standard InChI is InChI=1S/C13H13FN6/c1-7-8(14)4-3-5-9(7)18-12-10-11(17-6-16-10)19-13(15-2)20-12/h3-6H,1-2H3,(H3,15,16,17,18,19,20). The molecule has 0 fully saturated rings. The minimum absolute atomic E-state index is 0.265. The number of nitrogens with zero attached hydrogens (tertiary/aromatic N) is 3. The van der Waals surface area contributed by atoms with E-state index in [2.05, 4.69) is 30.6 Å². The molecule has 0 aliphatic carbocycles. The van der Waals surface area contributed by atoms with E-state index >= 15 is 0 Å². The van der Waals surface area contributed by atoms with E-state index in [1.165, 1.54) is 6.07 Å². The largest absolute Gasteiger partial charge is 0.357 e. The highest BCUT2D eigenvalue weighted by Crippen LogP contribution is 2.25. The highest BCUT2D eigenvalue weighted by atomic mass is 19.1. The van der Waals surface area contributed by atoms with E-state index in [-0.39, 0.29) is 5.82 Å². The van der Waals surface area contributed by atoms with Crippen molar-refractivity contribution in [1.82, 2.24) is 19.9 Å². The van der Waals surface area contributed by atoms with Crippen molar-refractivity contribution in [3.05, 3.63) is 35.9 Å². The van der Waals surface area contributed by atoms with Crippen molar-refractivity contribution in [2.75, 3.05) is 17.7 Å². The number of H-pyrrole nitrogens is 1. The van der Waals surface area contributed by atoms with E-state index in [4.69, 9.17) is 0 Å². The smallest absolute Gasteiger partial charge is 0.226 e. The lowest BCUT2D eigenvalue weighted by Gasteiger charge is -2.10. The number of hydrogen-bond donors (Lipinski definition) is 3. The van der Waals surface area contributed by atoms with E-state index in [1.807, 2.05) is 0 Å². The number of benzene rings is 1. The molecule has 3 rings (SSSR count). The van der Waals surface area contributed by atoms with Crippen LogP contribution >= 0.6 is 0 Å². The molecule has 0 spiro atoms. The fraction of sp³-hybridized carbons (Fsp3) is 0.154. The molecule has 0 atom stereocenters. The Hall–Kier alpha value is -2.70. The van der Waals surface area contributed by atoms with Gasteiger partial charge in [-0.05, 0) is 19.1 Å². The Kier molecular flexibility index (Phi) is 2.94. The number of anilines is 3. The van der Waals surface area contributed by atoms with Gasteiger partial charge in [-0.2, -0.15) is 9.97 Å². The van der Waals surface area contributed by atoms with E-state index in [9.17, 15) is 4.39 Å². The summed E-state index contributed by atoms with van der Waals surface area (Å²) in [7, 11) is 1.73. The molecule has 0 aliphatic rings. The summed E-state index contributed by atoms with van der Waals surface area (Å²) < 4.78 is 13.6. The van der Waals surface area contributed by atoms with Crippen LogP contribution < -0.4 is 10.6 Å². The molecule has 0 saturated carbocycles. The van der Waals surface area contributed by atoms with Crippen LogP contribution in [0.3, 0.4) is 0 Å². The van der Waals surface area contributed by atoms with Gasteiger partial charge in [-0.25, -0.2) is 9.37 Å². The molecule has 0 bridgehead atoms. The van der Waals surface area contributed by atoms with Crippen molar-refractivity contribution in [2.45, 2.75) is 6.92 Å². The SMILES string of the molecule is CNc1nc(Nc2cccc(F)c2C)c2[nH]cnc2n1. The van der Waals surface area contributed by atoms with E-state index in [1.54, 1.807) is 32.4 Å². The fourth-order valence-electron chi connectivity index (χ4n) is 1.91. The molecule has 0 saturated heterocycles. The van der Waals surface area contributed by atoms with Crippen molar-refractivity contribution in [3.8, 4) is 0 Å². The normalized spacial score (nSPS) is 10.8. The predicted molar refractivity (Wildman–Crippen MR) is 75.7 cm³/mol. The quantitative estimate of drug-likeness (QED) is 0.683. The second-order valence-electron chi connectivity index (χ2n) is 4.28. The van der Waals surface area contributed by atoms with E-state index in [0.29, 0.717) is 34.2 Å². The van der Waals surface area contributed by atoms with Gasteiger partial charge in [-0.1, -0.05) is 6.07 Å².